The van der Waals surface area contributed by atoms with Crippen LogP contribution in [-0.2, 0) is 22.6 Å². The molecule has 2 atom stereocenters. The van der Waals surface area contributed by atoms with Crippen LogP contribution in [0.3, 0.4) is 0 Å². The van der Waals surface area contributed by atoms with E-state index in [1.54, 1.807) is 24.3 Å². The quantitative estimate of drug-likeness (QED) is 0.421. The van der Waals surface area contributed by atoms with Crippen molar-refractivity contribution >= 4 is 12.1 Å². The van der Waals surface area contributed by atoms with E-state index in [1.165, 1.54) is 0 Å². The number of aliphatic carboxylic acids is 1. The van der Waals surface area contributed by atoms with E-state index in [1.807, 2.05) is 51.1 Å². The third kappa shape index (κ3) is 9.80. The minimum absolute atomic E-state index is 0.0577. The molecule has 8 heteroatoms. The average molecular weight is 445 g/mol. The number of amides is 1. The van der Waals surface area contributed by atoms with Crippen molar-refractivity contribution in [2.24, 2.45) is 0 Å². The predicted octanol–water partition coefficient (Wildman–Crippen LogP) is 2.74. The van der Waals surface area contributed by atoms with Gasteiger partial charge in [-0.3, -0.25) is 0 Å². The first-order chi connectivity index (χ1) is 15.1. The summed E-state index contributed by atoms with van der Waals surface area (Å²) in [7, 11) is 0. The van der Waals surface area contributed by atoms with Crippen LogP contribution in [0.25, 0.3) is 0 Å². The molecule has 2 aromatic carbocycles. The summed E-state index contributed by atoms with van der Waals surface area (Å²) in [5, 5.41) is 25.0. The molecule has 0 radical (unpaired) electrons. The molecule has 0 fully saturated rings. The first-order valence-electron chi connectivity index (χ1n) is 10.5. The molecule has 0 bridgehead atoms. The molecule has 2 unspecified atom stereocenters. The Kier molecular flexibility index (Phi) is 9.49. The molecule has 0 aromatic heterocycles. The topological polar surface area (TPSA) is 117 Å². The van der Waals surface area contributed by atoms with Crippen molar-refractivity contribution in [3.8, 4) is 5.75 Å². The summed E-state index contributed by atoms with van der Waals surface area (Å²) in [6.07, 6.45) is -1.36. The molecule has 174 valence electrons. The Labute approximate surface area is 188 Å². The second-order valence-corrected chi connectivity index (χ2v) is 8.54. The van der Waals surface area contributed by atoms with Gasteiger partial charge >= 0.3 is 12.1 Å². The first-order valence-corrected chi connectivity index (χ1v) is 10.5. The van der Waals surface area contributed by atoms with Crippen LogP contribution >= 0.6 is 0 Å². The van der Waals surface area contributed by atoms with Gasteiger partial charge in [-0.05, 0) is 44.0 Å². The molecule has 8 nitrogen and oxygen atoms in total. The van der Waals surface area contributed by atoms with Gasteiger partial charge in [0.2, 0.25) is 0 Å². The molecule has 0 spiro atoms. The summed E-state index contributed by atoms with van der Waals surface area (Å²) in [6, 6.07) is 14.8. The van der Waals surface area contributed by atoms with E-state index < -0.39 is 24.2 Å². The summed E-state index contributed by atoms with van der Waals surface area (Å²) in [6.45, 7) is 6.65. The monoisotopic (exact) mass is 444 g/mol. The molecule has 32 heavy (non-hydrogen) atoms. The third-order valence-corrected chi connectivity index (χ3v) is 4.48. The number of alkyl carbamates (subject to hydrolysis) is 1. The van der Waals surface area contributed by atoms with E-state index in [9.17, 15) is 19.8 Å². The third-order valence-electron chi connectivity index (χ3n) is 4.48. The van der Waals surface area contributed by atoms with Crippen LogP contribution in [-0.4, -0.2) is 53.1 Å². The number of hydrogen-bond donors (Lipinski definition) is 4. The standard InChI is InChI=1S/C24H32N2O6/c1-24(2,3)25-14-19(27)16-31-20-11-9-17(10-12-20)13-21(22(28)29)26-23(30)32-15-18-7-5-4-6-8-18/h4-12,19,21,25,27H,13-16H2,1-3H3,(H,26,30)(H,28,29). The number of benzene rings is 2. The molecule has 0 saturated heterocycles. The lowest BCUT2D eigenvalue weighted by Crippen LogP contribution is -2.42. The number of rotatable bonds is 11. The molecule has 0 heterocycles. The first kappa shape index (κ1) is 25.2. The molecule has 2 rings (SSSR count). The Balaban J connectivity index is 1.81. The van der Waals surface area contributed by atoms with Gasteiger partial charge in [-0.2, -0.15) is 0 Å². The molecule has 4 N–H and O–H groups in total. The number of carbonyl (C=O) groups is 2. The Morgan fingerprint density at radius 1 is 1.00 bits per heavy atom. The summed E-state index contributed by atoms with van der Waals surface area (Å²) >= 11 is 0. The second-order valence-electron chi connectivity index (χ2n) is 8.54. The van der Waals surface area contributed by atoms with Crippen LogP contribution in [0.4, 0.5) is 4.79 Å². The SMILES string of the molecule is CC(C)(C)NCC(O)COc1ccc(CC(NC(=O)OCc2ccccc2)C(=O)O)cc1. The fourth-order valence-electron chi connectivity index (χ4n) is 2.74. The van der Waals surface area contributed by atoms with Crippen LogP contribution < -0.4 is 15.4 Å². The maximum atomic E-state index is 12.0. The highest BCUT2D eigenvalue weighted by molar-refractivity contribution is 5.80. The Bertz CT molecular complexity index is 849. The number of nitrogens with one attached hydrogen (secondary N) is 2. The van der Waals surface area contributed by atoms with E-state index in [4.69, 9.17) is 9.47 Å². The fraction of sp³-hybridized carbons (Fsp3) is 0.417. The highest BCUT2D eigenvalue weighted by Gasteiger charge is 2.21. The lowest BCUT2D eigenvalue weighted by molar-refractivity contribution is -0.139. The number of aliphatic hydroxyl groups is 1. The van der Waals surface area contributed by atoms with Crippen LogP contribution in [0, 0.1) is 0 Å². The number of carboxylic acids is 1. The molecule has 2 aromatic rings. The summed E-state index contributed by atoms with van der Waals surface area (Å²) in [4.78, 5) is 23.6. The lowest BCUT2D eigenvalue weighted by Gasteiger charge is -2.23. The second kappa shape index (κ2) is 12.1. The van der Waals surface area contributed by atoms with Gasteiger partial charge in [0, 0.05) is 18.5 Å². The summed E-state index contributed by atoms with van der Waals surface area (Å²) in [5.41, 5.74) is 1.43. The van der Waals surface area contributed by atoms with Crippen molar-refractivity contribution < 1.29 is 29.3 Å². The van der Waals surface area contributed by atoms with E-state index in [0.717, 1.165) is 5.56 Å². The zero-order valence-electron chi connectivity index (χ0n) is 18.7. The maximum Gasteiger partial charge on any atom is 0.408 e. The van der Waals surface area contributed by atoms with Gasteiger partial charge in [0.1, 0.15) is 31.1 Å². The van der Waals surface area contributed by atoms with Gasteiger partial charge in [-0.1, -0.05) is 42.5 Å². The normalized spacial score (nSPS) is 13.1. The Hall–Kier alpha value is -3.10. The predicted molar refractivity (Wildman–Crippen MR) is 121 cm³/mol. The summed E-state index contributed by atoms with van der Waals surface area (Å²) < 4.78 is 10.7. The smallest absolute Gasteiger partial charge is 0.408 e. The van der Waals surface area contributed by atoms with Crippen molar-refractivity contribution in [3.05, 3.63) is 65.7 Å². The van der Waals surface area contributed by atoms with Crippen molar-refractivity contribution in [2.75, 3.05) is 13.2 Å². The highest BCUT2D eigenvalue weighted by atomic mass is 16.5. The van der Waals surface area contributed by atoms with Crippen molar-refractivity contribution in [1.29, 1.82) is 0 Å². The molecule has 0 aliphatic rings. The Morgan fingerprint density at radius 2 is 1.66 bits per heavy atom. The zero-order chi connectivity index (χ0) is 23.6. The molecular weight excluding hydrogens is 412 g/mol. The number of ether oxygens (including phenoxy) is 2. The zero-order valence-corrected chi connectivity index (χ0v) is 18.7. The van der Waals surface area contributed by atoms with Crippen molar-refractivity contribution in [3.63, 3.8) is 0 Å². The van der Waals surface area contributed by atoms with Gasteiger partial charge in [0.15, 0.2) is 0 Å². The maximum absolute atomic E-state index is 12.0. The lowest BCUT2D eigenvalue weighted by atomic mass is 10.1. The summed E-state index contributed by atoms with van der Waals surface area (Å²) in [5.74, 6) is -0.595. The van der Waals surface area contributed by atoms with Gasteiger partial charge in [0.05, 0.1) is 0 Å². The molecule has 1 amide bonds. The van der Waals surface area contributed by atoms with Crippen LogP contribution in [0.15, 0.2) is 54.6 Å². The molecular formula is C24H32N2O6. The van der Waals surface area contributed by atoms with Crippen molar-refractivity contribution in [2.45, 2.75) is 51.5 Å². The van der Waals surface area contributed by atoms with E-state index in [-0.39, 0.29) is 25.2 Å². The van der Waals surface area contributed by atoms with Crippen molar-refractivity contribution in [1.82, 2.24) is 10.6 Å². The highest BCUT2D eigenvalue weighted by Crippen LogP contribution is 2.14. The van der Waals surface area contributed by atoms with Gasteiger partial charge in [0.25, 0.3) is 0 Å². The number of carboxylic acid groups (broad SMARTS) is 1. The molecule has 0 aliphatic carbocycles. The van der Waals surface area contributed by atoms with E-state index in [2.05, 4.69) is 10.6 Å². The van der Waals surface area contributed by atoms with E-state index in [0.29, 0.717) is 17.9 Å². The van der Waals surface area contributed by atoms with Gasteiger partial charge in [-0.25, -0.2) is 9.59 Å². The number of β-amino-alcohol motifs (C(OH)–C–C–N with tert-alkyl or cyclic N) is 1. The number of hydrogen-bond acceptors (Lipinski definition) is 6. The van der Waals surface area contributed by atoms with E-state index >= 15 is 0 Å². The van der Waals surface area contributed by atoms with Gasteiger partial charge < -0.3 is 30.3 Å². The number of aliphatic hydroxyl groups excluding tert-OH is 1. The van der Waals surface area contributed by atoms with Crippen LogP contribution in [0.2, 0.25) is 0 Å². The minimum Gasteiger partial charge on any atom is -0.491 e. The average Bonchev–Trinajstić information content (AvgIpc) is 2.75. The fourth-order valence-corrected chi connectivity index (χ4v) is 2.74. The number of carbonyl (C=O) groups excluding carboxylic acids is 1. The largest absolute Gasteiger partial charge is 0.491 e. The van der Waals surface area contributed by atoms with Gasteiger partial charge in [-0.15, -0.1) is 0 Å². The van der Waals surface area contributed by atoms with Crippen LogP contribution in [0.1, 0.15) is 31.9 Å². The Morgan fingerprint density at radius 3 is 2.25 bits per heavy atom. The van der Waals surface area contributed by atoms with Crippen LogP contribution in [0.5, 0.6) is 5.75 Å². The minimum atomic E-state index is -1.16. The molecule has 0 saturated carbocycles. The molecule has 0 aliphatic heterocycles.